The average Bonchev–Trinajstić information content (AvgIpc) is 3.00. The van der Waals surface area contributed by atoms with Crippen molar-refractivity contribution in [2.75, 3.05) is 40.3 Å². The van der Waals surface area contributed by atoms with Gasteiger partial charge in [0.2, 0.25) is 0 Å². The number of benzene rings is 1. The fourth-order valence-electron chi connectivity index (χ4n) is 3.20. The lowest BCUT2D eigenvalue weighted by atomic mass is 10.1. The Bertz CT molecular complexity index is 880. The molecular formula is C17H24N4O3S. The van der Waals surface area contributed by atoms with Gasteiger partial charge in [0, 0.05) is 63.9 Å². The normalized spacial score (nSPS) is 16.7. The second-order valence-electron chi connectivity index (χ2n) is 6.33. The largest absolute Gasteiger partial charge is 0.347 e. The standard InChI is InChI=1S/C17H24N4O3S/c1-4-19-13-15(14-7-5-6-8-16(14)19)17(22)20-9-11-21(12-10-20)25(23,24)18(2)3/h5-8,13H,4,9-12H2,1-3H3. The van der Waals surface area contributed by atoms with E-state index in [4.69, 9.17) is 0 Å². The van der Waals surface area contributed by atoms with Gasteiger partial charge in [-0.25, -0.2) is 0 Å². The highest BCUT2D eigenvalue weighted by Crippen LogP contribution is 2.23. The number of nitrogens with zero attached hydrogens (tertiary/aromatic N) is 4. The first-order valence-corrected chi connectivity index (χ1v) is 9.80. The molecule has 1 aliphatic heterocycles. The molecule has 0 N–H and O–H groups in total. The molecule has 0 spiro atoms. The Balaban J connectivity index is 1.80. The highest BCUT2D eigenvalue weighted by Gasteiger charge is 2.31. The molecular weight excluding hydrogens is 340 g/mol. The third kappa shape index (κ3) is 3.17. The van der Waals surface area contributed by atoms with Gasteiger partial charge in [-0.1, -0.05) is 18.2 Å². The van der Waals surface area contributed by atoms with Gasteiger partial charge in [0.05, 0.1) is 5.56 Å². The number of hydrogen-bond acceptors (Lipinski definition) is 3. The molecule has 1 amide bonds. The van der Waals surface area contributed by atoms with Crippen molar-refractivity contribution in [2.24, 2.45) is 0 Å². The molecule has 7 nitrogen and oxygen atoms in total. The van der Waals surface area contributed by atoms with E-state index in [-0.39, 0.29) is 5.91 Å². The van der Waals surface area contributed by atoms with Crippen molar-refractivity contribution in [3.63, 3.8) is 0 Å². The van der Waals surface area contributed by atoms with Crippen LogP contribution in [0.2, 0.25) is 0 Å². The molecule has 3 rings (SSSR count). The van der Waals surface area contributed by atoms with E-state index in [1.807, 2.05) is 37.4 Å². The van der Waals surface area contributed by atoms with Gasteiger partial charge in [-0.2, -0.15) is 17.0 Å². The molecule has 0 atom stereocenters. The summed E-state index contributed by atoms with van der Waals surface area (Å²) in [5, 5.41) is 0.942. The maximum atomic E-state index is 13.0. The molecule has 0 aliphatic carbocycles. The summed E-state index contributed by atoms with van der Waals surface area (Å²) in [7, 11) is -0.383. The van der Waals surface area contributed by atoms with Gasteiger partial charge in [0.1, 0.15) is 0 Å². The average molecular weight is 364 g/mol. The Morgan fingerprint density at radius 2 is 1.76 bits per heavy atom. The van der Waals surface area contributed by atoms with Crippen molar-refractivity contribution in [3.05, 3.63) is 36.0 Å². The minimum Gasteiger partial charge on any atom is -0.347 e. The number of aromatic nitrogens is 1. The van der Waals surface area contributed by atoms with Crippen LogP contribution in [0.25, 0.3) is 10.9 Å². The summed E-state index contributed by atoms with van der Waals surface area (Å²) in [5.41, 5.74) is 1.73. The SMILES string of the molecule is CCn1cc(C(=O)N2CCN(S(=O)(=O)N(C)C)CC2)c2ccccc21. The van der Waals surface area contributed by atoms with Crippen LogP contribution in [-0.4, -0.2) is 72.7 Å². The van der Waals surface area contributed by atoms with Crippen molar-refractivity contribution < 1.29 is 13.2 Å². The van der Waals surface area contributed by atoms with E-state index in [1.54, 1.807) is 4.90 Å². The summed E-state index contributed by atoms with van der Waals surface area (Å²) >= 11 is 0. The summed E-state index contributed by atoms with van der Waals surface area (Å²) in [4.78, 5) is 14.7. The number of piperazine rings is 1. The van der Waals surface area contributed by atoms with Crippen molar-refractivity contribution in [3.8, 4) is 0 Å². The van der Waals surface area contributed by atoms with Crippen LogP contribution in [0.15, 0.2) is 30.5 Å². The van der Waals surface area contributed by atoms with Gasteiger partial charge >= 0.3 is 0 Å². The maximum Gasteiger partial charge on any atom is 0.281 e. The highest BCUT2D eigenvalue weighted by atomic mass is 32.2. The van der Waals surface area contributed by atoms with Crippen LogP contribution in [0.5, 0.6) is 0 Å². The molecule has 1 aliphatic rings. The quantitative estimate of drug-likeness (QED) is 0.819. The summed E-state index contributed by atoms with van der Waals surface area (Å²) in [6.07, 6.45) is 1.90. The summed E-state index contributed by atoms with van der Waals surface area (Å²) in [5.74, 6) is -0.0368. The topological polar surface area (TPSA) is 65.9 Å². The van der Waals surface area contributed by atoms with Crippen LogP contribution in [0.1, 0.15) is 17.3 Å². The van der Waals surface area contributed by atoms with Crippen LogP contribution in [0.3, 0.4) is 0 Å². The number of rotatable bonds is 4. The van der Waals surface area contributed by atoms with Crippen LogP contribution in [0, 0.1) is 0 Å². The molecule has 0 unspecified atom stereocenters. The number of aryl methyl sites for hydroxylation is 1. The summed E-state index contributed by atoms with van der Waals surface area (Å²) in [6.45, 7) is 4.28. The molecule has 1 aromatic heterocycles. The predicted octanol–water partition coefficient (Wildman–Crippen LogP) is 1.23. The molecule has 2 aromatic rings. The van der Waals surface area contributed by atoms with E-state index in [0.717, 1.165) is 17.4 Å². The number of amides is 1. The monoisotopic (exact) mass is 364 g/mol. The van der Waals surface area contributed by atoms with Gasteiger partial charge in [-0.3, -0.25) is 4.79 Å². The van der Waals surface area contributed by atoms with Crippen molar-refractivity contribution in [1.29, 1.82) is 0 Å². The molecule has 0 radical (unpaired) electrons. The van der Waals surface area contributed by atoms with E-state index in [0.29, 0.717) is 31.7 Å². The third-order valence-corrected chi connectivity index (χ3v) is 6.61. The zero-order chi connectivity index (χ0) is 18.2. The second-order valence-corrected chi connectivity index (χ2v) is 8.47. The highest BCUT2D eigenvalue weighted by molar-refractivity contribution is 7.86. The smallest absolute Gasteiger partial charge is 0.281 e. The molecule has 0 saturated carbocycles. The zero-order valence-corrected chi connectivity index (χ0v) is 15.7. The van der Waals surface area contributed by atoms with Crippen molar-refractivity contribution in [1.82, 2.24) is 18.1 Å². The Hall–Kier alpha value is -1.90. The second kappa shape index (κ2) is 6.78. The fraction of sp³-hybridized carbons (Fsp3) is 0.471. The summed E-state index contributed by atoms with van der Waals surface area (Å²) in [6, 6.07) is 7.87. The molecule has 1 saturated heterocycles. The number of carbonyl (C=O) groups excluding carboxylic acids is 1. The van der Waals surface area contributed by atoms with Gasteiger partial charge in [0.15, 0.2) is 0 Å². The Morgan fingerprint density at radius 1 is 1.12 bits per heavy atom. The lowest BCUT2D eigenvalue weighted by Crippen LogP contribution is -2.53. The lowest BCUT2D eigenvalue weighted by Gasteiger charge is -2.35. The third-order valence-electron chi connectivity index (χ3n) is 4.67. The first-order chi connectivity index (χ1) is 11.9. The minimum absolute atomic E-state index is 0.0368. The van der Waals surface area contributed by atoms with E-state index < -0.39 is 10.2 Å². The Morgan fingerprint density at radius 3 is 2.36 bits per heavy atom. The first-order valence-electron chi connectivity index (χ1n) is 8.41. The summed E-state index contributed by atoms with van der Waals surface area (Å²) < 4.78 is 29.1. The zero-order valence-electron chi connectivity index (χ0n) is 14.8. The van der Waals surface area contributed by atoms with Crippen LogP contribution in [-0.2, 0) is 16.8 Å². The Kier molecular flexibility index (Phi) is 4.86. The first kappa shape index (κ1) is 17.9. The number of hydrogen-bond donors (Lipinski definition) is 0. The van der Waals surface area contributed by atoms with E-state index >= 15 is 0 Å². The molecule has 2 heterocycles. The van der Waals surface area contributed by atoms with Crippen LogP contribution >= 0.6 is 0 Å². The van der Waals surface area contributed by atoms with Gasteiger partial charge in [-0.05, 0) is 13.0 Å². The fourth-order valence-corrected chi connectivity index (χ4v) is 4.29. The maximum absolute atomic E-state index is 13.0. The minimum atomic E-state index is -3.42. The van der Waals surface area contributed by atoms with Crippen molar-refractivity contribution >= 4 is 27.0 Å². The number of para-hydroxylation sites is 1. The van der Waals surface area contributed by atoms with Crippen LogP contribution in [0.4, 0.5) is 0 Å². The number of fused-ring (bicyclic) bond motifs is 1. The molecule has 1 fully saturated rings. The molecule has 136 valence electrons. The van der Waals surface area contributed by atoms with E-state index in [1.165, 1.54) is 22.7 Å². The predicted molar refractivity (Wildman–Crippen MR) is 97.7 cm³/mol. The van der Waals surface area contributed by atoms with Crippen molar-refractivity contribution in [2.45, 2.75) is 13.5 Å². The van der Waals surface area contributed by atoms with Gasteiger partial charge in [0.25, 0.3) is 16.1 Å². The lowest BCUT2D eigenvalue weighted by molar-refractivity contribution is 0.0697. The Labute approximate surface area is 148 Å². The molecule has 0 bridgehead atoms. The van der Waals surface area contributed by atoms with E-state index in [2.05, 4.69) is 4.57 Å². The molecule has 1 aromatic carbocycles. The van der Waals surface area contributed by atoms with Gasteiger partial charge < -0.3 is 9.47 Å². The number of carbonyl (C=O) groups is 1. The van der Waals surface area contributed by atoms with Gasteiger partial charge in [-0.15, -0.1) is 0 Å². The van der Waals surface area contributed by atoms with E-state index in [9.17, 15) is 13.2 Å². The molecule has 25 heavy (non-hydrogen) atoms. The van der Waals surface area contributed by atoms with Crippen LogP contribution < -0.4 is 0 Å². The molecule has 8 heteroatoms.